The predicted octanol–water partition coefficient (Wildman–Crippen LogP) is 3.23. The number of anilines is 1. The van der Waals surface area contributed by atoms with Gasteiger partial charge in [0.1, 0.15) is 12.1 Å². The molecule has 0 saturated carbocycles. The molecule has 2 N–H and O–H groups in total. The van der Waals surface area contributed by atoms with E-state index in [1.54, 1.807) is 32.9 Å². The molecule has 0 aliphatic carbocycles. The Bertz CT molecular complexity index is 1400. The third kappa shape index (κ3) is 5.05. The first kappa shape index (κ1) is 27.0. The van der Waals surface area contributed by atoms with Gasteiger partial charge >= 0.3 is 6.18 Å². The van der Waals surface area contributed by atoms with E-state index in [4.69, 9.17) is 9.72 Å². The summed E-state index contributed by atoms with van der Waals surface area (Å²) < 4.78 is 44.5. The van der Waals surface area contributed by atoms with Gasteiger partial charge in [0.05, 0.1) is 47.6 Å². The lowest BCUT2D eigenvalue weighted by atomic mass is 9.96. The van der Waals surface area contributed by atoms with Crippen LogP contribution in [0.25, 0.3) is 11.3 Å². The molecule has 0 saturated heterocycles. The molecule has 0 radical (unpaired) electrons. The van der Waals surface area contributed by atoms with E-state index < -0.39 is 36.2 Å². The Morgan fingerprint density at radius 1 is 1.26 bits per heavy atom. The van der Waals surface area contributed by atoms with Crippen LogP contribution in [0.3, 0.4) is 0 Å². The molecule has 1 aliphatic heterocycles. The average molecular weight is 533 g/mol. The van der Waals surface area contributed by atoms with Crippen molar-refractivity contribution >= 4 is 17.5 Å². The highest BCUT2D eigenvalue weighted by Crippen LogP contribution is 2.43. The van der Waals surface area contributed by atoms with Crippen LogP contribution in [0, 0.1) is 6.92 Å². The van der Waals surface area contributed by atoms with Gasteiger partial charge in [0.15, 0.2) is 0 Å². The molecule has 3 aromatic rings. The van der Waals surface area contributed by atoms with E-state index in [1.165, 1.54) is 37.5 Å². The normalized spacial score (nSPS) is 15.4. The zero-order valence-electron chi connectivity index (χ0n) is 21.4. The van der Waals surface area contributed by atoms with E-state index >= 15 is 0 Å². The first-order valence-electron chi connectivity index (χ1n) is 11.7. The number of amides is 2. The van der Waals surface area contributed by atoms with Gasteiger partial charge in [0.2, 0.25) is 5.88 Å². The van der Waals surface area contributed by atoms with Crippen LogP contribution < -0.4 is 15.0 Å². The van der Waals surface area contributed by atoms with Gasteiger partial charge < -0.3 is 15.2 Å². The quantitative estimate of drug-likeness (QED) is 0.479. The largest absolute Gasteiger partial charge is 0.480 e. The first-order valence-corrected chi connectivity index (χ1v) is 11.7. The third-order valence-electron chi connectivity index (χ3n) is 6.13. The number of carbonyl (C=O) groups is 2. The van der Waals surface area contributed by atoms with Gasteiger partial charge in [-0.2, -0.15) is 18.3 Å². The van der Waals surface area contributed by atoms with Crippen LogP contribution in [-0.2, 0) is 12.1 Å². The molecule has 0 aromatic carbocycles. The molecule has 1 atom stereocenters. The van der Waals surface area contributed by atoms with Crippen molar-refractivity contribution in [3.05, 3.63) is 53.1 Å². The summed E-state index contributed by atoms with van der Waals surface area (Å²) in [5.41, 5.74) is 1.64. The maximum Gasteiger partial charge on any atom is 0.408 e. The van der Waals surface area contributed by atoms with Crippen molar-refractivity contribution in [1.29, 1.82) is 0 Å². The number of fused-ring (bicyclic) bond motifs is 1. The van der Waals surface area contributed by atoms with Crippen LogP contribution in [0.4, 0.5) is 18.9 Å². The summed E-state index contributed by atoms with van der Waals surface area (Å²) in [5, 5.41) is 15.9. The highest BCUT2D eigenvalue weighted by molar-refractivity contribution is 6.12. The number of aliphatic hydroxyl groups excluding tert-OH is 1. The number of aromatic nitrogens is 4. The summed E-state index contributed by atoms with van der Waals surface area (Å²) in [7, 11) is 1.38. The molecule has 2 amide bonds. The van der Waals surface area contributed by atoms with Gasteiger partial charge in [-0.1, -0.05) is 0 Å². The number of alkyl halides is 3. The van der Waals surface area contributed by atoms with Crippen molar-refractivity contribution in [3.8, 4) is 17.1 Å². The van der Waals surface area contributed by atoms with Crippen molar-refractivity contribution in [1.82, 2.24) is 25.1 Å². The zero-order chi connectivity index (χ0) is 28.0. The fourth-order valence-corrected chi connectivity index (χ4v) is 4.44. The number of hydrogen-bond acceptors (Lipinski definition) is 7. The zero-order valence-corrected chi connectivity index (χ0v) is 21.4. The van der Waals surface area contributed by atoms with Crippen molar-refractivity contribution in [2.45, 2.75) is 52.1 Å². The van der Waals surface area contributed by atoms with E-state index in [-0.39, 0.29) is 23.7 Å². The second-order valence-corrected chi connectivity index (χ2v) is 9.60. The minimum Gasteiger partial charge on any atom is -0.480 e. The lowest BCUT2D eigenvalue weighted by molar-refractivity contribution is -0.142. The number of ether oxygens (including phenoxy) is 1. The maximum atomic E-state index is 13.5. The smallest absolute Gasteiger partial charge is 0.408 e. The van der Waals surface area contributed by atoms with Gasteiger partial charge in [-0.3, -0.25) is 19.2 Å². The molecule has 4 heterocycles. The highest BCUT2D eigenvalue weighted by atomic mass is 19.4. The number of carbonyl (C=O) groups excluding carboxylic acids is 2. The molecule has 0 spiro atoms. The molecule has 0 bridgehead atoms. The summed E-state index contributed by atoms with van der Waals surface area (Å²) in [4.78, 5) is 36.5. The fourth-order valence-electron chi connectivity index (χ4n) is 4.44. The second kappa shape index (κ2) is 9.71. The third-order valence-corrected chi connectivity index (χ3v) is 6.13. The molecule has 3 aromatic heterocycles. The topological polar surface area (TPSA) is 122 Å². The van der Waals surface area contributed by atoms with Crippen LogP contribution in [-0.4, -0.2) is 62.6 Å². The minimum absolute atomic E-state index is 0.0358. The van der Waals surface area contributed by atoms with E-state index in [1.807, 2.05) is 0 Å². The monoisotopic (exact) mass is 532 g/mol. The van der Waals surface area contributed by atoms with Crippen LogP contribution in [0.15, 0.2) is 30.7 Å². The lowest BCUT2D eigenvalue weighted by Gasteiger charge is -2.30. The molecular weight excluding hydrogens is 505 g/mol. The number of methoxy groups -OCH3 is 1. The van der Waals surface area contributed by atoms with Crippen LogP contribution in [0.2, 0.25) is 0 Å². The summed E-state index contributed by atoms with van der Waals surface area (Å²) in [6.45, 7) is 5.53. The second-order valence-electron chi connectivity index (χ2n) is 9.60. The van der Waals surface area contributed by atoms with Crippen molar-refractivity contribution < 1.29 is 32.6 Å². The van der Waals surface area contributed by atoms with Crippen molar-refractivity contribution in [2.75, 3.05) is 18.6 Å². The average Bonchev–Trinajstić information content (AvgIpc) is 3.34. The van der Waals surface area contributed by atoms with Gasteiger partial charge in [-0.25, -0.2) is 9.97 Å². The number of aryl methyl sites for hydroxylation is 1. The van der Waals surface area contributed by atoms with Crippen LogP contribution in [0.5, 0.6) is 5.88 Å². The molecule has 1 aliphatic rings. The Morgan fingerprint density at radius 3 is 2.61 bits per heavy atom. The number of rotatable bonds is 7. The van der Waals surface area contributed by atoms with Gasteiger partial charge in [-0.05, 0) is 45.4 Å². The van der Waals surface area contributed by atoms with E-state index in [0.29, 0.717) is 28.1 Å². The maximum absolute atomic E-state index is 13.5. The van der Waals surface area contributed by atoms with E-state index in [0.717, 1.165) is 4.68 Å². The number of aliphatic hydroxyl groups is 1. The van der Waals surface area contributed by atoms with Gasteiger partial charge in [-0.15, -0.1) is 0 Å². The number of halogens is 3. The Labute approximate surface area is 216 Å². The molecule has 10 nitrogen and oxygen atoms in total. The summed E-state index contributed by atoms with van der Waals surface area (Å²) in [6.07, 6.45) is -1.31. The summed E-state index contributed by atoms with van der Waals surface area (Å²) in [5.74, 6) is -0.807. The standard InChI is InChI=1S/C25H27F3N6O4/c1-13-6-18(15-7-17(22(38-5)30-9-15)21(36)29-8-14(2)35)32-20-19(13)23(37)34(24(20,3)4)16-10-31-33(11-16)12-25(26,27)28/h6-7,9-11,14,35H,8,12H2,1-5H3,(H,29,36). The van der Waals surface area contributed by atoms with Gasteiger partial charge in [0, 0.05) is 24.5 Å². The molecule has 38 heavy (non-hydrogen) atoms. The SMILES string of the molecule is COc1ncc(-c2cc(C)c3c(n2)C(C)(C)N(c2cnn(CC(F)(F)F)c2)C3=O)cc1C(=O)NCC(C)O. The molecule has 4 rings (SSSR count). The van der Waals surface area contributed by atoms with E-state index in [2.05, 4.69) is 15.4 Å². The minimum atomic E-state index is -4.46. The lowest BCUT2D eigenvalue weighted by Crippen LogP contribution is -2.39. The molecule has 202 valence electrons. The first-order chi connectivity index (χ1) is 17.7. The van der Waals surface area contributed by atoms with Crippen molar-refractivity contribution in [3.63, 3.8) is 0 Å². The molecule has 13 heteroatoms. The van der Waals surface area contributed by atoms with Crippen LogP contribution >= 0.6 is 0 Å². The van der Waals surface area contributed by atoms with E-state index in [9.17, 15) is 27.9 Å². The number of nitrogens with one attached hydrogen (secondary N) is 1. The van der Waals surface area contributed by atoms with Crippen molar-refractivity contribution in [2.24, 2.45) is 0 Å². The van der Waals surface area contributed by atoms with Crippen LogP contribution in [0.1, 0.15) is 52.7 Å². The fraction of sp³-hybridized carbons (Fsp3) is 0.400. The molecule has 1 unspecified atom stereocenters. The van der Waals surface area contributed by atoms with Gasteiger partial charge in [0.25, 0.3) is 11.8 Å². The number of hydrogen-bond donors (Lipinski definition) is 2. The summed E-state index contributed by atoms with van der Waals surface area (Å²) >= 11 is 0. The number of nitrogens with zero attached hydrogens (tertiary/aromatic N) is 5. The number of pyridine rings is 2. The molecule has 0 fully saturated rings. The molecular formula is C25H27F3N6O4. The Hall–Kier alpha value is -4.00. The Morgan fingerprint density at radius 2 is 1.97 bits per heavy atom. The Kier molecular flexibility index (Phi) is 6.91. The summed E-state index contributed by atoms with van der Waals surface area (Å²) in [6, 6.07) is 3.24. The Balaban J connectivity index is 1.73. The highest BCUT2D eigenvalue weighted by Gasteiger charge is 2.47. The predicted molar refractivity (Wildman–Crippen MR) is 131 cm³/mol.